The Hall–Kier alpha value is -2.49. The minimum absolute atomic E-state index is 0.119. The van der Waals surface area contributed by atoms with E-state index in [0.717, 1.165) is 17.9 Å². The van der Waals surface area contributed by atoms with Crippen LogP contribution in [0.2, 0.25) is 0 Å². The van der Waals surface area contributed by atoms with Crippen LogP contribution < -0.4 is 16.2 Å². The number of nitrogens with one attached hydrogen (secondary N) is 3. The standard InChI is InChI=1S/C15H17N3O/c1-12(19)17-18-15-9-7-14(8-10-15)16-11-13-5-3-2-4-6-13/h2-10,16,18H,11H2,1H3,(H,17,19). The van der Waals surface area contributed by atoms with Crippen LogP contribution >= 0.6 is 0 Å². The van der Waals surface area contributed by atoms with Crippen molar-refractivity contribution in [1.29, 1.82) is 0 Å². The highest BCUT2D eigenvalue weighted by atomic mass is 16.2. The van der Waals surface area contributed by atoms with Crippen LogP contribution in [0, 0.1) is 0 Å². The number of benzene rings is 2. The first kappa shape index (κ1) is 13.0. The fourth-order valence-corrected chi connectivity index (χ4v) is 1.63. The van der Waals surface area contributed by atoms with Gasteiger partial charge in [-0.05, 0) is 29.8 Å². The number of hydrogen-bond donors (Lipinski definition) is 3. The van der Waals surface area contributed by atoms with Gasteiger partial charge in [0, 0.05) is 19.2 Å². The van der Waals surface area contributed by atoms with Gasteiger partial charge in [-0.25, -0.2) is 0 Å². The van der Waals surface area contributed by atoms with E-state index in [2.05, 4.69) is 28.3 Å². The van der Waals surface area contributed by atoms with Crippen molar-refractivity contribution in [3.63, 3.8) is 0 Å². The molecule has 98 valence electrons. The molecule has 0 atom stereocenters. The van der Waals surface area contributed by atoms with Gasteiger partial charge in [0.15, 0.2) is 0 Å². The van der Waals surface area contributed by atoms with Crippen molar-refractivity contribution < 1.29 is 4.79 Å². The molecule has 0 aromatic heterocycles. The third-order valence-electron chi connectivity index (χ3n) is 2.61. The van der Waals surface area contributed by atoms with Crippen molar-refractivity contribution in [3.05, 3.63) is 60.2 Å². The summed E-state index contributed by atoms with van der Waals surface area (Å²) >= 11 is 0. The summed E-state index contributed by atoms with van der Waals surface area (Å²) < 4.78 is 0. The van der Waals surface area contributed by atoms with Gasteiger partial charge in [0.1, 0.15) is 0 Å². The zero-order chi connectivity index (χ0) is 13.5. The lowest BCUT2D eigenvalue weighted by Crippen LogP contribution is -2.26. The van der Waals surface area contributed by atoms with Crippen molar-refractivity contribution in [1.82, 2.24) is 5.43 Å². The van der Waals surface area contributed by atoms with E-state index in [1.807, 2.05) is 42.5 Å². The van der Waals surface area contributed by atoms with Gasteiger partial charge in [-0.3, -0.25) is 15.6 Å². The molecule has 4 heteroatoms. The summed E-state index contributed by atoms with van der Waals surface area (Å²) in [5.41, 5.74) is 8.47. The third-order valence-corrected chi connectivity index (χ3v) is 2.61. The number of carbonyl (C=O) groups is 1. The molecule has 0 saturated carbocycles. The molecule has 0 heterocycles. The Bertz CT molecular complexity index is 523. The van der Waals surface area contributed by atoms with Crippen molar-refractivity contribution >= 4 is 17.3 Å². The lowest BCUT2D eigenvalue weighted by molar-refractivity contribution is -0.118. The van der Waals surface area contributed by atoms with E-state index in [1.165, 1.54) is 12.5 Å². The van der Waals surface area contributed by atoms with Crippen LogP contribution in [-0.4, -0.2) is 5.91 Å². The Labute approximate surface area is 112 Å². The summed E-state index contributed by atoms with van der Waals surface area (Å²) in [5.74, 6) is -0.119. The predicted octanol–water partition coefficient (Wildman–Crippen LogP) is 2.76. The Kier molecular flexibility index (Phi) is 4.39. The van der Waals surface area contributed by atoms with Crippen molar-refractivity contribution in [2.45, 2.75) is 13.5 Å². The second-order valence-electron chi connectivity index (χ2n) is 4.22. The number of rotatable bonds is 5. The smallest absolute Gasteiger partial charge is 0.235 e. The Morgan fingerprint density at radius 3 is 2.21 bits per heavy atom. The van der Waals surface area contributed by atoms with Gasteiger partial charge >= 0.3 is 0 Å². The maximum atomic E-state index is 10.8. The topological polar surface area (TPSA) is 53.2 Å². The zero-order valence-electron chi connectivity index (χ0n) is 10.8. The van der Waals surface area contributed by atoms with Gasteiger partial charge < -0.3 is 5.32 Å². The Balaban J connectivity index is 1.86. The molecule has 2 aromatic carbocycles. The van der Waals surface area contributed by atoms with Crippen LogP contribution in [-0.2, 0) is 11.3 Å². The fourth-order valence-electron chi connectivity index (χ4n) is 1.63. The maximum absolute atomic E-state index is 10.8. The van der Waals surface area contributed by atoms with Crippen molar-refractivity contribution in [3.8, 4) is 0 Å². The van der Waals surface area contributed by atoms with Gasteiger partial charge in [0.25, 0.3) is 0 Å². The quantitative estimate of drug-likeness (QED) is 0.720. The first-order valence-corrected chi connectivity index (χ1v) is 6.14. The Morgan fingerprint density at radius 2 is 1.58 bits per heavy atom. The molecule has 2 aromatic rings. The number of amides is 1. The third kappa shape index (κ3) is 4.35. The van der Waals surface area contributed by atoms with Crippen molar-refractivity contribution in [2.75, 3.05) is 10.7 Å². The van der Waals surface area contributed by atoms with E-state index in [0.29, 0.717) is 0 Å². The average molecular weight is 255 g/mol. The SMILES string of the molecule is CC(=O)NNc1ccc(NCc2ccccc2)cc1. The normalized spacial score (nSPS) is 9.74. The van der Waals surface area contributed by atoms with E-state index in [9.17, 15) is 4.79 Å². The number of anilines is 2. The molecule has 4 nitrogen and oxygen atoms in total. The molecule has 19 heavy (non-hydrogen) atoms. The summed E-state index contributed by atoms with van der Waals surface area (Å²) in [6, 6.07) is 18.0. The first-order chi connectivity index (χ1) is 9.24. The number of hydrazine groups is 1. The monoisotopic (exact) mass is 255 g/mol. The summed E-state index contributed by atoms with van der Waals surface area (Å²) in [4.78, 5) is 10.8. The molecule has 0 aliphatic heterocycles. The van der Waals surface area contributed by atoms with Gasteiger partial charge in [-0.2, -0.15) is 0 Å². The van der Waals surface area contributed by atoms with Gasteiger partial charge in [0.2, 0.25) is 5.91 Å². The first-order valence-electron chi connectivity index (χ1n) is 6.14. The van der Waals surface area contributed by atoms with E-state index in [4.69, 9.17) is 0 Å². The highest BCUT2D eigenvalue weighted by Gasteiger charge is 1.95. The molecule has 0 aliphatic carbocycles. The summed E-state index contributed by atoms with van der Waals surface area (Å²) in [7, 11) is 0. The summed E-state index contributed by atoms with van der Waals surface area (Å²) in [6.07, 6.45) is 0. The molecular formula is C15H17N3O. The van der Waals surface area contributed by atoms with Crippen LogP contribution in [0.15, 0.2) is 54.6 Å². The molecule has 0 spiro atoms. The van der Waals surface area contributed by atoms with E-state index < -0.39 is 0 Å². The highest BCUT2D eigenvalue weighted by molar-refractivity contribution is 5.74. The summed E-state index contributed by atoms with van der Waals surface area (Å²) in [6.45, 7) is 2.25. The summed E-state index contributed by atoms with van der Waals surface area (Å²) in [5, 5.41) is 3.34. The van der Waals surface area contributed by atoms with Crippen LogP contribution in [0.1, 0.15) is 12.5 Å². The average Bonchev–Trinajstić information content (AvgIpc) is 2.45. The van der Waals surface area contributed by atoms with Crippen molar-refractivity contribution in [2.24, 2.45) is 0 Å². The van der Waals surface area contributed by atoms with Crippen LogP contribution in [0.3, 0.4) is 0 Å². The van der Waals surface area contributed by atoms with Gasteiger partial charge in [0.05, 0.1) is 5.69 Å². The van der Waals surface area contributed by atoms with Crippen LogP contribution in [0.4, 0.5) is 11.4 Å². The molecule has 3 N–H and O–H groups in total. The predicted molar refractivity (Wildman–Crippen MR) is 77.7 cm³/mol. The van der Waals surface area contributed by atoms with Crippen LogP contribution in [0.5, 0.6) is 0 Å². The van der Waals surface area contributed by atoms with Gasteiger partial charge in [-0.1, -0.05) is 30.3 Å². The lowest BCUT2D eigenvalue weighted by Gasteiger charge is -2.09. The largest absolute Gasteiger partial charge is 0.381 e. The Morgan fingerprint density at radius 1 is 0.947 bits per heavy atom. The minimum Gasteiger partial charge on any atom is -0.381 e. The van der Waals surface area contributed by atoms with E-state index in [1.54, 1.807) is 0 Å². The van der Waals surface area contributed by atoms with Gasteiger partial charge in [-0.15, -0.1) is 0 Å². The molecule has 0 aliphatic rings. The maximum Gasteiger partial charge on any atom is 0.235 e. The second kappa shape index (κ2) is 6.44. The molecule has 0 unspecified atom stereocenters. The lowest BCUT2D eigenvalue weighted by atomic mass is 10.2. The highest BCUT2D eigenvalue weighted by Crippen LogP contribution is 2.13. The molecule has 0 saturated heterocycles. The number of carbonyl (C=O) groups excluding carboxylic acids is 1. The minimum atomic E-state index is -0.119. The number of hydrogen-bond acceptors (Lipinski definition) is 3. The fraction of sp³-hybridized carbons (Fsp3) is 0.133. The van der Waals surface area contributed by atoms with E-state index >= 15 is 0 Å². The second-order valence-corrected chi connectivity index (χ2v) is 4.22. The molecule has 1 amide bonds. The zero-order valence-corrected chi connectivity index (χ0v) is 10.8. The molecule has 2 rings (SSSR count). The molecule has 0 bridgehead atoms. The van der Waals surface area contributed by atoms with E-state index in [-0.39, 0.29) is 5.91 Å². The molecular weight excluding hydrogens is 238 g/mol. The molecule has 0 radical (unpaired) electrons. The molecule has 0 fully saturated rings. The van der Waals surface area contributed by atoms with Crippen LogP contribution in [0.25, 0.3) is 0 Å².